The lowest BCUT2D eigenvalue weighted by molar-refractivity contribution is -0.149. The van der Waals surface area contributed by atoms with Crippen LogP contribution in [0.1, 0.15) is 32.1 Å². The summed E-state index contributed by atoms with van der Waals surface area (Å²) in [6.45, 7) is 0.0648. The Labute approximate surface area is 120 Å². The van der Waals surface area contributed by atoms with Crippen molar-refractivity contribution in [1.82, 2.24) is 10.6 Å². The molecule has 2 aliphatic rings. The molecule has 2 rings (SSSR count). The number of nitrogens with two attached hydrogens (primary N) is 2. The van der Waals surface area contributed by atoms with Crippen molar-refractivity contribution in [3.63, 3.8) is 0 Å². The number of rotatable bonds is 4. The van der Waals surface area contributed by atoms with Crippen molar-refractivity contribution in [3.8, 4) is 0 Å². The van der Waals surface area contributed by atoms with Gasteiger partial charge in [-0.3, -0.25) is 29.8 Å². The Morgan fingerprint density at radius 2 is 1.33 bits per heavy atom. The number of nitrogens with one attached hydrogen (secondary N) is 2. The molecular formula is C12H18N4O5. The van der Waals surface area contributed by atoms with Gasteiger partial charge >= 0.3 is 0 Å². The van der Waals surface area contributed by atoms with E-state index in [1.807, 2.05) is 0 Å². The number of amides is 4. The average Bonchev–Trinajstić information content (AvgIpc) is 2.33. The van der Waals surface area contributed by atoms with E-state index in [1.54, 1.807) is 0 Å². The van der Waals surface area contributed by atoms with Crippen LogP contribution in [0.25, 0.3) is 0 Å². The Morgan fingerprint density at radius 1 is 0.905 bits per heavy atom. The number of carbonyl (C=O) groups is 4. The average molecular weight is 298 g/mol. The first-order chi connectivity index (χ1) is 9.80. The second-order valence-corrected chi connectivity index (χ2v) is 5.71. The third-order valence-corrected chi connectivity index (χ3v) is 4.26. The molecule has 2 saturated heterocycles. The molecule has 0 atom stereocenters. The van der Waals surface area contributed by atoms with Crippen LogP contribution < -0.4 is 22.3 Å². The fourth-order valence-electron chi connectivity index (χ4n) is 3.21. The van der Waals surface area contributed by atoms with E-state index in [2.05, 4.69) is 15.5 Å². The van der Waals surface area contributed by atoms with Crippen LogP contribution in [-0.4, -0.2) is 35.8 Å². The SMILES string of the molecule is NOCCC1(C2(N)CC(=O)NC(=O)C2)CC(=O)NC(=O)C1. The smallest absolute Gasteiger partial charge is 0.228 e. The predicted octanol–water partition coefficient (Wildman–Crippen LogP) is -2.18. The number of hydrogen-bond acceptors (Lipinski definition) is 7. The van der Waals surface area contributed by atoms with Crippen molar-refractivity contribution in [2.45, 2.75) is 37.6 Å². The first-order valence-electron chi connectivity index (χ1n) is 6.56. The van der Waals surface area contributed by atoms with Crippen LogP contribution in [0.5, 0.6) is 0 Å². The minimum absolute atomic E-state index is 0.0564. The van der Waals surface area contributed by atoms with Crippen LogP contribution in [0.15, 0.2) is 0 Å². The van der Waals surface area contributed by atoms with Gasteiger partial charge in [0.2, 0.25) is 23.6 Å². The normalized spacial score (nSPS) is 24.5. The Morgan fingerprint density at radius 3 is 1.76 bits per heavy atom. The van der Waals surface area contributed by atoms with Crippen molar-refractivity contribution in [3.05, 3.63) is 0 Å². The minimum Gasteiger partial charge on any atom is -0.324 e. The lowest BCUT2D eigenvalue weighted by Crippen LogP contribution is -2.66. The van der Waals surface area contributed by atoms with Gasteiger partial charge < -0.3 is 10.6 Å². The Bertz CT molecular complexity index is 472. The second kappa shape index (κ2) is 5.51. The van der Waals surface area contributed by atoms with Gasteiger partial charge in [0.15, 0.2) is 0 Å². The number of carbonyl (C=O) groups excluding carboxylic acids is 4. The highest BCUT2D eigenvalue weighted by Gasteiger charge is 2.56. The Kier molecular flexibility index (Phi) is 4.08. The zero-order valence-electron chi connectivity index (χ0n) is 11.4. The van der Waals surface area contributed by atoms with Crippen molar-refractivity contribution >= 4 is 23.6 Å². The Hall–Kier alpha value is -1.84. The highest BCUT2D eigenvalue weighted by molar-refractivity contribution is 6.01. The first-order valence-corrected chi connectivity index (χ1v) is 6.56. The monoisotopic (exact) mass is 298 g/mol. The van der Waals surface area contributed by atoms with Crippen molar-refractivity contribution in [2.24, 2.45) is 17.0 Å². The molecular weight excluding hydrogens is 280 g/mol. The standard InChI is InChI=1S/C12H18N4O5/c13-12(5-9(19)16-10(20)6-12)11(1-2-21-14)3-7(17)15-8(18)4-11/h1-6,13-14H2,(H,15,17,18)(H,16,19,20). The second-order valence-electron chi connectivity index (χ2n) is 5.71. The maximum atomic E-state index is 11.8. The molecule has 9 heteroatoms. The molecule has 0 radical (unpaired) electrons. The number of hydrogen-bond donors (Lipinski definition) is 4. The van der Waals surface area contributed by atoms with Crippen LogP contribution in [0.2, 0.25) is 0 Å². The molecule has 116 valence electrons. The van der Waals surface area contributed by atoms with Gasteiger partial charge in [-0.15, -0.1) is 0 Å². The molecule has 0 aromatic rings. The van der Waals surface area contributed by atoms with Crippen LogP contribution in [0, 0.1) is 5.41 Å². The van der Waals surface area contributed by atoms with Gasteiger partial charge in [0.25, 0.3) is 0 Å². The summed E-state index contributed by atoms with van der Waals surface area (Å²) in [5.41, 5.74) is 4.00. The van der Waals surface area contributed by atoms with E-state index in [1.165, 1.54) is 0 Å². The number of piperidine rings is 2. The van der Waals surface area contributed by atoms with Crippen LogP contribution in [0.4, 0.5) is 0 Å². The minimum atomic E-state index is -1.28. The summed E-state index contributed by atoms with van der Waals surface area (Å²) >= 11 is 0. The zero-order chi connectivity index (χ0) is 15.7. The molecule has 2 heterocycles. The zero-order valence-corrected chi connectivity index (χ0v) is 11.4. The molecule has 0 aromatic heterocycles. The molecule has 2 fully saturated rings. The molecule has 0 bridgehead atoms. The molecule has 21 heavy (non-hydrogen) atoms. The van der Waals surface area contributed by atoms with Gasteiger partial charge in [0.05, 0.1) is 6.61 Å². The fraction of sp³-hybridized carbons (Fsp3) is 0.667. The van der Waals surface area contributed by atoms with E-state index < -0.39 is 34.6 Å². The van der Waals surface area contributed by atoms with E-state index >= 15 is 0 Å². The summed E-state index contributed by atoms with van der Waals surface area (Å²) < 4.78 is 0. The molecule has 0 aliphatic carbocycles. The first kappa shape index (κ1) is 15.5. The molecule has 0 spiro atoms. The van der Waals surface area contributed by atoms with Crippen molar-refractivity contribution in [2.75, 3.05) is 6.61 Å². The summed E-state index contributed by atoms with van der Waals surface area (Å²) in [5, 5.41) is 4.37. The van der Waals surface area contributed by atoms with Gasteiger partial charge in [0.1, 0.15) is 0 Å². The van der Waals surface area contributed by atoms with Gasteiger partial charge in [-0.25, -0.2) is 5.90 Å². The van der Waals surface area contributed by atoms with E-state index in [0.29, 0.717) is 0 Å². The quantitative estimate of drug-likeness (QED) is 0.340. The lowest BCUT2D eigenvalue weighted by Gasteiger charge is -2.50. The molecule has 6 N–H and O–H groups in total. The van der Waals surface area contributed by atoms with Gasteiger partial charge in [-0.1, -0.05) is 0 Å². The predicted molar refractivity (Wildman–Crippen MR) is 68.9 cm³/mol. The summed E-state index contributed by atoms with van der Waals surface area (Å²) in [5.74, 6) is 3.04. The lowest BCUT2D eigenvalue weighted by atomic mass is 9.59. The van der Waals surface area contributed by atoms with Gasteiger partial charge in [0, 0.05) is 36.6 Å². The molecule has 0 aromatic carbocycles. The van der Waals surface area contributed by atoms with Crippen LogP contribution in [-0.2, 0) is 24.0 Å². The maximum absolute atomic E-state index is 11.8. The highest BCUT2D eigenvalue weighted by Crippen LogP contribution is 2.46. The summed E-state index contributed by atoms with van der Waals surface area (Å²) in [4.78, 5) is 51.4. The molecule has 9 nitrogen and oxygen atoms in total. The van der Waals surface area contributed by atoms with Gasteiger partial charge in [-0.2, -0.15) is 0 Å². The van der Waals surface area contributed by atoms with E-state index in [9.17, 15) is 19.2 Å². The van der Waals surface area contributed by atoms with Crippen molar-refractivity contribution < 1.29 is 24.0 Å². The van der Waals surface area contributed by atoms with Crippen molar-refractivity contribution in [1.29, 1.82) is 0 Å². The largest absolute Gasteiger partial charge is 0.324 e. The maximum Gasteiger partial charge on any atom is 0.228 e. The van der Waals surface area contributed by atoms with E-state index in [4.69, 9.17) is 11.6 Å². The summed E-state index contributed by atoms with van der Waals surface area (Å²) in [6, 6.07) is 0. The molecule has 4 amide bonds. The van der Waals surface area contributed by atoms with Crippen LogP contribution in [0.3, 0.4) is 0 Å². The highest BCUT2D eigenvalue weighted by atomic mass is 16.6. The van der Waals surface area contributed by atoms with E-state index in [0.717, 1.165) is 0 Å². The number of imide groups is 2. The Balaban J connectivity index is 2.38. The third-order valence-electron chi connectivity index (χ3n) is 4.26. The fourth-order valence-corrected chi connectivity index (χ4v) is 3.21. The third kappa shape index (κ3) is 2.94. The molecule has 0 saturated carbocycles. The molecule has 2 aliphatic heterocycles. The van der Waals surface area contributed by atoms with Gasteiger partial charge in [-0.05, 0) is 6.42 Å². The molecule has 0 unspecified atom stereocenters. The summed E-state index contributed by atoms with van der Waals surface area (Å²) in [6.07, 6.45) is -0.175. The topological polar surface area (TPSA) is 154 Å². The summed E-state index contributed by atoms with van der Waals surface area (Å²) in [7, 11) is 0. The van der Waals surface area contributed by atoms with E-state index in [-0.39, 0.29) is 38.7 Å². The van der Waals surface area contributed by atoms with Crippen LogP contribution >= 0.6 is 0 Å².